The summed E-state index contributed by atoms with van der Waals surface area (Å²) >= 11 is 8.45. The first-order chi connectivity index (χ1) is 7.70. The summed E-state index contributed by atoms with van der Waals surface area (Å²) in [5.74, 6) is 1.49. The molecule has 2 atom stereocenters. The second-order valence-corrected chi connectivity index (χ2v) is 5.94. The van der Waals surface area contributed by atoms with Crippen LogP contribution in [-0.4, -0.2) is 29.5 Å². The summed E-state index contributed by atoms with van der Waals surface area (Å²) < 4.78 is 1.23. The molecule has 1 aromatic carbocycles. The van der Waals surface area contributed by atoms with Gasteiger partial charge in [0.05, 0.1) is 0 Å². The lowest BCUT2D eigenvalue weighted by molar-refractivity contribution is 0.200. The summed E-state index contributed by atoms with van der Waals surface area (Å²) in [4.78, 5) is 2.44. The maximum atomic E-state index is 5.93. The summed E-state index contributed by atoms with van der Waals surface area (Å²) in [6.07, 6.45) is 1.27. The Morgan fingerprint density at radius 2 is 2.06 bits per heavy atom. The van der Waals surface area contributed by atoms with Crippen molar-refractivity contribution in [3.05, 3.63) is 34.9 Å². The average Bonchev–Trinajstić information content (AvgIpc) is 2.30. The fraction of sp³-hybridized carbons (Fsp3) is 0.538. The molecule has 3 heteroatoms. The lowest BCUT2D eigenvalue weighted by atomic mass is 9.82. The van der Waals surface area contributed by atoms with Gasteiger partial charge >= 0.3 is 0 Å². The van der Waals surface area contributed by atoms with Crippen LogP contribution in [0.25, 0.3) is 0 Å². The quantitative estimate of drug-likeness (QED) is 0.580. The van der Waals surface area contributed by atoms with E-state index in [1.807, 2.05) is 12.1 Å². The van der Waals surface area contributed by atoms with Crippen molar-refractivity contribution in [3.8, 4) is 0 Å². The van der Waals surface area contributed by atoms with Crippen molar-refractivity contribution < 1.29 is 0 Å². The highest BCUT2D eigenvalue weighted by Crippen LogP contribution is 2.34. The van der Waals surface area contributed by atoms with Crippen LogP contribution in [0.5, 0.6) is 0 Å². The second-order valence-electron chi connectivity index (χ2n) is 4.62. The molecular formula is C13H17ClIN. The maximum absolute atomic E-state index is 5.93. The third-order valence-electron chi connectivity index (χ3n) is 3.43. The normalized spacial score (nSPS) is 26.9. The predicted octanol–water partition coefficient (Wildman–Crippen LogP) is 3.81. The zero-order chi connectivity index (χ0) is 11.5. The van der Waals surface area contributed by atoms with Gasteiger partial charge in [-0.05, 0) is 49.5 Å². The SMILES string of the molecule is CN1CC[C@H](c2ccc(Cl)cc2)[C@H](CI)C1. The minimum absolute atomic E-state index is 0.713. The minimum Gasteiger partial charge on any atom is -0.306 e. The molecule has 88 valence electrons. The number of piperidine rings is 1. The first-order valence-corrected chi connectivity index (χ1v) is 7.61. The molecule has 0 unspecified atom stereocenters. The molecule has 1 nitrogen and oxygen atoms in total. The molecule has 1 aliphatic heterocycles. The van der Waals surface area contributed by atoms with Crippen LogP contribution in [0, 0.1) is 5.92 Å². The van der Waals surface area contributed by atoms with Gasteiger partial charge in [-0.25, -0.2) is 0 Å². The lowest BCUT2D eigenvalue weighted by Crippen LogP contribution is -2.37. The Hall–Kier alpha value is 0.200. The largest absolute Gasteiger partial charge is 0.306 e. The highest BCUT2D eigenvalue weighted by atomic mass is 127. The number of rotatable bonds is 2. The Morgan fingerprint density at radius 3 is 2.69 bits per heavy atom. The Labute approximate surface area is 116 Å². The molecule has 0 N–H and O–H groups in total. The van der Waals surface area contributed by atoms with E-state index in [4.69, 9.17) is 11.6 Å². The number of alkyl halides is 1. The summed E-state index contributed by atoms with van der Waals surface area (Å²) in [5.41, 5.74) is 1.46. The molecule has 0 amide bonds. The van der Waals surface area contributed by atoms with Crippen LogP contribution in [0.1, 0.15) is 17.9 Å². The number of likely N-dealkylation sites (tertiary alicyclic amines) is 1. The van der Waals surface area contributed by atoms with Crippen LogP contribution >= 0.6 is 34.2 Å². The minimum atomic E-state index is 0.713. The van der Waals surface area contributed by atoms with E-state index < -0.39 is 0 Å². The monoisotopic (exact) mass is 349 g/mol. The molecule has 0 aromatic heterocycles. The molecule has 0 radical (unpaired) electrons. The average molecular weight is 350 g/mol. The molecule has 1 heterocycles. The van der Waals surface area contributed by atoms with E-state index in [0.29, 0.717) is 5.92 Å². The molecule has 0 saturated carbocycles. The van der Waals surface area contributed by atoms with Gasteiger partial charge in [-0.15, -0.1) is 0 Å². The number of benzene rings is 1. The van der Waals surface area contributed by atoms with Crippen molar-refractivity contribution in [1.82, 2.24) is 4.90 Å². The van der Waals surface area contributed by atoms with Crippen LogP contribution in [0.2, 0.25) is 5.02 Å². The highest BCUT2D eigenvalue weighted by molar-refractivity contribution is 14.1. The van der Waals surface area contributed by atoms with Crippen molar-refractivity contribution in [2.24, 2.45) is 5.92 Å². The van der Waals surface area contributed by atoms with Gasteiger partial charge in [0.25, 0.3) is 0 Å². The third-order valence-corrected chi connectivity index (χ3v) is 4.82. The number of hydrogen-bond donors (Lipinski definition) is 0. The van der Waals surface area contributed by atoms with Crippen molar-refractivity contribution in [3.63, 3.8) is 0 Å². The van der Waals surface area contributed by atoms with Crippen molar-refractivity contribution in [2.75, 3.05) is 24.6 Å². The Balaban J connectivity index is 2.15. The third kappa shape index (κ3) is 2.90. The van der Waals surface area contributed by atoms with E-state index in [1.54, 1.807) is 0 Å². The standard InChI is InChI=1S/C13H17ClIN/c1-16-7-6-13(11(8-15)9-16)10-2-4-12(14)5-3-10/h2-5,11,13H,6-9H2,1H3/t11-,13-/m1/s1. The zero-order valence-corrected chi connectivity index (χ0v) is 12.4. The number of hydrogen-bond acceptors (Lipinski definition) is 1. The van der Waals surface area contributed by atoms with Crippen LogP contribution < -0.4 is 0 Å². The molecule has 1 aliphatic rings. The van der Waals surface area contributed by atoms with Gasteiger partial charge in [0.15, 0.2) is 0 Å². The number of halogens is 2. The summed E-state index contributed by atoms with van der Waals surface area (Å²) in [6.45, 7) is 2.43. The highest BCUT2D eigenvalue weighted by Gasteiger charge is 2.27. The van der Waals surface area contributed by atoms with Gasteiger partial charge < -0.3 is 4.90 Å². The Bertz CT molecular complexity index is 338. The van der Waals surface area contributed by atoms with Gasteiger partial charge in [0, 0.05) is 16.0 Å². The van der Waals surface area contributed by atoms with Crippen molar-refractivity contribution in [1.29, 1.82) is 0 Å². The Kier molecular flexibility index (Phi) is 4.50. The van der Waals surface area contributed by atoms with E-state index in [2.05, 4.69) is 46.7 Å². The molecule has 0 bridgehead atoms. The van der Waals surface area contributed by atoms with Crippen LogP contribution in [0.4, 0.5) is 0 Å². The fourth-order valence-corrected chi connectivity index (χ4v) is 3.54. The van der Waals surface area contributed by atoms with E-state index in [1.165, 1.54) is 29.5 Å². The lowest BCUT2D eigenvalue weighted by Gasteiger charge is -2.36. The number of nitrogens with zero attached hydrogens (tertiary/aromatic N) is 1. The molecule has 0 spiro atoms. The Morgan fingerprint density at radius 1 is 1.38 bits per heavy atom. The topological polar surface area (TPSA) is 3.24 Å². The second kappa shape index (κ2) is 5.69. The van der Waals surface area contributed by atoms with E-state index in [0.717, 1.165) is 10.9 Å². The van der Waals surface area contributed by atoms with Gasteiger partial charge in [0.1, 0.15) is 0 Å². The van der Waals surface area contributed by atoms with Gasteiger partial charge in [-0.3, -0.25) is 0 Å². The summed E-state index contributed by atoms with van der Waals surface area (Å²) in [5, 5.41) is 0.836. The van der Waals surface area contributed by atoms with Crippen LogP contribution in [0.3, 0.4) is 0 Å². The fourth-order valence-electron chi connectivity index (χ4n) is 2.52. The predicted molar refractivity (Wildman–Crippen MR) is 78.7 cm³/mol. The van der Waals surface area contributed by atoms with Crippen molar-refractivity contribution >= 4 is 34.2 Å². The molecule has 1 aromatic rings. The van der Waals surface area contributed by atoms with E-state index >= 15 is 0 Å². The zero-order valence-electron chi connectivity index (χ0n) is 9.50. The van der Waals surface area contributed by atoms with Gasteiger partial charge in [0.2, 0.25) is 0 Å². The molecule has 16 heavy (non-hydrogen) atoms. The molecule has 2 rings (SSSR count). The van der Waals surface area contributed by atoms with Gasteiger partial charge in [-0.1, -0.05) is 46.3 Å². The molecular weight excluding hydrogens is 333 g/mol. The molecule has 0 aliphatic carbocycles. The first-order valence-electron chi connectivity index (χ1n) is 5.70. The molecule has 1 saturated heterocycles. The van der Waals surface area contributed by atoms with Crippen LogP contribution in [0.15, 0.2) is 24.3 Å². The first kappa shape index (κ1) is 12.7. The van der Waals surface area contributed by atoms with E-state index in [9.17, 15) is 0 Å². The summed E-state index contributed by atoms with van der Waals surface area (Å²) in [6, 6.07) is 8.41. The van der Waals surface area contributed by atoms with Crippen molar-refractivity contribution in [2.45, 2.75) is 12.3 Å². The maximum Gasteiger partial charge on any atom is 0.0406 e. The van der Waals surface area contributed by atoms with E-state index in [-0.39, 0.29) is 0 Å². The smallest absolute Gasteiger partial charge is 0.0406 e. The van der Waals surface area contributed by atoms with Crippen LogP contribution in [-0.2, 0) is 0 Å². The summed E-state index contributed by atoms with van der Waals surface area (Å²) in [7, 11) is 2.22. The molecule has 1 fully saturated rings. The van der Waals surface area contributed by atoms with Gasteiger partial charge in [-0.2, -0.15) is 0 Å².